The molecule has 0 saturated heterocycles. The zero-order chi connectivity index (χ0) is 15.8. The van der Waals surface area contributed by atoms with Crippen molar-refractivity contribution >= 4 is 17.2 Å². The molecular formula is C16H22N2O3S. The first-order valence-electron chi connectivity index (χ1n) is 7.39. The Morgan fingerprint density at radius 1 is 1.36 bits per heavy atom. The average molecular weight is 322 g/mol. The molecule has 120 valence electrons. The van der Waals surface area contributed by atoms with Gasteiger partial charge in [0.05, 0.1) is 13.2 Å². The minimum atomic E-state index is -0.478. The van der Waals surface area contributed by atoms with E-state index in [0.717, 1.165) is 10.6 Å². The number of carbonyl (C=O) groups excluding carboxylic acids is 1. The Morgan fingerprint density at radius 2 is 2.14 bits per heavy atom. The zero-order valence-corrected chi connectivity index (χ0v) is 13.8. The fraction of sp³-hybridized carbons (Fsp3) is 0.438. The summed E-state index contributed by atoms with van der Waals surface area (Å²) in [5.74, 6) is -0.110. The van der Waals surface area contributed by atoms with Gasteiger partial charge in [0, 0.05) is 31.1 Å². The van der Waals surface area contributed by atoms with Crippen molar-refractivity contribution in [3.8, 4) is 5.00 Å². The zero-order valence-electron chi connectivity index (χ0n) is 13.0. The van der Waals surface area contributed by atoms with Crippen molar-refractivity contribution in [3.63, 3.8) is 0 Å². The van der Waals surface area contributed by atoms with Crippen molar-refractivity contribution in [2.24, 2.45) is 0 Å². The van der Waals surface area contributed by atoms with Crippen molar-refractivity contribution in [1.29, 1.82) is 0 Å². The van der Waals surface area contributed by atoms with Gasteiger partial charge >= 0.3 is 0 Å². The van der Waals surface area contributed by atoms with E-state index in [4.69, 9.17) is 9.47 Å². The molecular weight excluding hydrogens is 300 g/mol. The fourth-order valence-corrected chi connectivity index (χ4v) is 2.88. The van der Waals surface area contributed by atoms with E-state index in [0.29, 0.717) is 26.4 Å². The lowest BCUT2D eigenvalue weighted by molar-refractivity contribution is -0.132. The lowest BCUT2D eigenvalue weighted by Crippen LogP contribution is -2.34. The van der Waals surface area contributed by atoms with E-state index in [2.05, 4.69) is 5.32 Å². The van der Waals surface area contributed by atoms with Gasteiger partial charge in [-0.25, -0.2) is 0 Å². The third-order valence-electron chi connectivity index (χ3n) is 3.18. The Morgan fingerprint density at radius 3 is 2.86 bits per heavy atom. The SMILES string of the molecule is CCOCCO[C@@H](C)C(=O)NCc1ccsc1-n1cccc1. The highest BCUT2D eigenvalue weighted by molar-refractivity contribution is 7.12. The van der Waals surface area contributed by atoms with Gasteiger partial charge in [0.1, 0.15) is 11.1 Å². The summed E-state index contributed by atoms with van der Waals surface area (Å²) in [5.41, 5.74) is 1.09. The predicted octanol–water partition coefficient (Wildman–Crippen LogP) is 2.60. The van der Waals surface area contributed by atoms with E-state index in [-0.39, 0.29) is 5.91 Å². The van der Waals surface area contributed by atoms with E-state index in [1.165, 1.54) is 0 Å². The first-order valence-corrected chi connectivity index (χ1v) is 8.27. The van der Waals surface area contributed by atoms with Gasteiger partial charge in [0.2, 0.25) is 5.91 Å². The molecule has 0 aliphatic rings. The van der Waals surface area contributed by atoms with E-state index in [1.807, 2.05) is 47.5 Å². The molecule has 0 saturated carbocycles. The molecule has 2 heterocycles. The summed E-state index contributed by atoms with van der Waals surface area (Å²) >= 11 is 1.65. The van der Waals surface area contributed by atoms with Crippen LogP contribution in [-0.2, 0) is 20.8 Å². The normalized spacial score (nSPS) is 12.3. The van der Waals surface area contributed by atoms with Crippen molar-refractivity contribution in [1.82, 2.24) is 9.88 Å². The fourth-order valence-electron chi connectivity index (χ4n) is 1.99. The molecule has 0 bridgehead atoms. The molecule has 1 amide bonds. The number of rotatable bonds is 9. The van der Waals surface area contributed by atoms with Crippen LogP contribution in [0.4, 0.5) is 0 Å². The molecule has 1 atom stereocenters. The average Bonchev–Trinajstić information content (AvgIpc) is 3.19. The largest absolute Gasteiger partial charge is 0.379 e. The second-order valence-electron chi connectivity index (χ2n) is 4.77. The molecule has 0 radical (unpaired) electrons. The summed E-state index contributed by atoms with van der Waals surface area (Å²) in [4.78, 5) is 12.0. The number of nitrogens with one attached hydrogen (secondary N) is 1. The maximum atomic E-state index is 12.0. The van der Waals surface area contributed by atoms with Crippen LogP contribution in [0, 0.1) is 0 Å². The third-order valence-corrected chi connectivity index (χ3v) is 4.15. The number of hydrogen-bond donors (Lipinski definition) is 1. The van der Waals surface area contributed by atoms with Gasteiger partial charge in [-0.3, -0.25) is 4.79 Å². The first kappa shape index (κ1) is 16.7. The van der Waals surface area contributed by atoms with Gasteiger partial charge in [0.15, 0.2) is 0 Å². The van der Waals surface area contributed by atoms with Crippen LogP contribution in [-0.4, -0.2) is 36.4 Å². The van der Waals surface area contributed by atoms with Gasteiger partial charge < -0.3 is 19.4 Å². The van der Waals surface area contributed by atoms with Crippen LogP contribution in [0.1, 0.15) is 19.4 Å². The number of nitrogens with zero attached hydrogens (tertiary/aromatic N) is 1. The van der Waals surface area contributed by atoms with Gasteiger partial charge in [-0.2, -0.15) is 0 Å². The van der Waals surface area contributed by atoms with Gasteiger partial charge in [-0.1, -0.05) is 0 Å². The minimum Gasteiger partial charge on any atom is -0.379 e. The maximum absolute atomic E-state index is 12.0. The van der Waals surface area contributed by atoms with Crippen LogP contribution in [0.5, 0.6) is 0 Å². The van der Waals surface area contributed by atoms with Crippen LogP contribution >= 0.6 is 11.3 Å². The molecule has 2 aromatic rings. The summed E-state index contributed by atoms with van der Waals surface area (Å²) in [5, 5.41) is 6.06. The Kier molecular flexibility index (Phi) is 6.64. The Hall–Kier alpha value is -1.63. The van der Waals surface area contributed by atoms with Crippen molar-refractivity contribution in [3.05, 3.63) is 41.5 Å². The van der Waals surface area contributed by atoms with Crippen molar-refractivity contribution < 1.29 is 14.3 Å². The minimum absolute atomic E-state index is 0.110. The Bertz CT molecular complexity index is 566. The van der Waals surface area contributed by atoms with E-state index in [1.54, 1.807) is 18.3 Å². The molecule has 0 aliphatic carbocycles. The highest BCUT2D eigenvalue weighted by Crippen LogP contribution is 2.21. The number of ether oxygens (including phenoxy) is 2. The molecule has 6 heteroatoms. The molecule has 0 aliphatic heterocycles. The lowest BCUT2D eigenvalue weighted by Gasteiger charge is -2.13. The second kappa shape index (κ2) is 8.73. The third kappa shape index (κ3) is 4.69. The number of carbonyl (C=O) groups is 1. The van der Waals surface area contributed by atoms with Crippen LogP contribution in [0.25, 0.3) is 5.00 Å². The second-order valence-corrected chi connectivity index (χ2v) is 5.66. The molecule has 0 spiro atoms. The molecule has 0 unspecified atom stereocenters. The number of thiophene rings is 1. The van der Waals surface area contributed by atoms with Crippen LogP contribution in [0.3, 0.4) is 0 Å². The van der Waals surface area contributed by atoms with E-state index >= 15 is 0 Å². The molecule has 0 fully saturated rings. The van der Waals surface area contributed by atoms with Crippen LogP contribution < -0.4 is 5.32 Å². The summed E-state index contributed by atoms with van der Waals surface area (Å²) in [6.07, 6.45) is 3.52. The number of hydrogen-bond acceptors (Lipinski definition) is 4. The topological polar surface area (TPSA) is 52.5 Å². The van der Waals surface area contributed by atoms with Crippen LogP contribution in [0.15, 0.2) is 36.0 Å². The van der Waals surface area contributed by atoms with Gasteiger partial charge in [-0.05, 0) is 37.4 Å². The summed E-state index contributed by atoms with van der Waals surface area (Å²) in [7, 11) is 0. The smallest absolute Gasteiger partial charge is 0.249 e. The van der Waals surface area contributed by atoms with E-state index in [9.17, 15) is 4.79 Å². The highest BCUT2D eigenvalue weighted by Gasteiger charge is 2.14. The number of aromatic nitrogens is 1. The quantitative estimate of drug-likeness (QED) is 0.722. The Balaban J connectivity index is 1.80. The van der Waals surface area contributed by atoms with Gasteiger partial charge in [-0.15, -0.1) is 11.3 Å². The lowest BCUT2D eigenvalue weighted by atomic mass is 10.3. The molecule has 2 rings (SSSR count). The summed E-state index contributed by atoms with van der Waals surface area (Å²) in [6, 6.07) is 5.99. The monoisotopic (exact) mass is 322 g/mol. The molecule has 22 heavy (non-hydrogen) atoms. The summed E-state index contributed by atoms with van der Waals surface area (Å²) < 4.78 is 12.7. The standard InChI is InChI=1S/C16H22N2O3S/c1-3-20-9-10-21-13(2)15(19)17-12-14-6-11-22-16(14)18-7-4-5-8-18/h4-8,11,13H,3,9-10,12H2,1-2H3,(H,17,19)/t13-/m0/s1. The van der Waals surface area contributed by atoms with E-state index < -0.39 is 6.10 Å². The Labute approximate surface area is 134 Å². The highest BCUT2D eigenvalue weighted by atomic mass is 32.1. The first-order chi connectivity index (χ1) is 10.7. The van der Waals surface area contributed by atoms with Crippen molar-refractivity contribution in [2.45, 2.75) is 26.5 Å². The van der Waals surface area contributed by atoms with Crippen LogP contribution in [0.2, 0.25) is 0 Å². The summed E-state index contributed by atoms with van der Waals surface area (Å²) in [6.45, 7) is 5.77. The molecule has 0 aromatic carbocycles. The number of amides is 1. The molecule has 5 nitrogen and oxygen atoms in total. The van der Waals surface area contributed by atoms with Gasteiger partial charge in [0.25, 0.3) is 0 Å². The molecule has 2 aromatic heterocycles. The predicted molar refractivity (Wildman–Crippen MR) is 87.4 cm³/mol. The molecule has 1 N–H and O–H groups in total. The van der Waals surface area contributed by atoms with Crippen molar-refractivity contribution in [2.75, 3.05) is 19.8 Å². The maximum Gasteiger partial charge on any atom is 0.249 e.